The van der Waals surface area contributed by atoms with Gasteiger partial charge in [0, 0.05) is 19.3 Å². The van der Waals surface area contributed by atoms with Gasteiger partial charge >= 0.3 is 0 Å². The topological polar surface area (TPSA) is 82.5 Å². The highest BCUT2D eigenvalue weighted by atomic mass is 16.3. The highest BCUT2D eigenvalue weighted by molar-refractivity contribution is 5.96. The second kappa shape index (κ2) is 4.71. The van der Waals surface area contributed by atoms with Crippen LogP contribution in [-0.2, 0) is 0 Å². The van der Waals surface area contributed by atoms with Crippen LogP contribution in [0.2, 0.25) is 0 Å². The summed E-state index contributed by atoms with van der Waals surface area (Å²) in [5.74, 6) is -0.411. The third-order valence-corrected chi connectivity index (χ3v) is 3.27. The molecule has 0 radical (unpaired) electrons. The molecule has 0 bridgehead atoms. The van der Waals surface area contributed by atoms with Crippen molar-refractivity contribution in [2.24, 2.45) is 5.41 Å². The van der Waals surface area contributed by atoms with E-state index in [4.69, 9.17) is 5.11 Å². The summed E-state index contributed by atoms with van der Waals surface area (Å²) in [6.45, 7) is 0.699. The molecule has 2 rings (SSSR count). The van der Waals surface area contributed by atoms with Crippen LogP contribution in [0.5, 0.6) is 5.75 Å². The SMILES string of the molecule is O=C(NCC1(CCO)CC1)c1ccncc1O. The zero-order valence-electron chi connectivity index (χ0n) is 9.52. The molecule has 0 aliphatic heterocycles. The summed E-state index contributed by atoms with van der Waals surface area (Å²) in [5, 5.41) is 21.2. The fourth-order valence-corrected chi connectivity index (χ4v) is 1.87. The van der Waals surface area contributed by atoms with Crippen molar-refractivity contribution in [3.63, 3.8) is 0 Å². The van der Waals surface area contributed by atoms with Crippen LogP contribution >= 0.6 is 0 Å². The maximum Gasteiger partial charge on any atom is 0.255 e. The van der Waals surface area contributed by atoms with E-state index >= 15 is 0 Å². The first-order valence-corrected chi connectivity index (χ1v) is 5.69. The third kappa shape index (κ3) is 2.74. The number of aromatic hydroxyl groups is 1. The van der Waals surface area contributed by atoms with E-state index in [1.807, 2.05) is 0 Å². The van der Waals surface area contributed by atoms with Gasteiger partial charge in [-0.2, -0.15) is 0 Å². The number of nitrogens with zero attached hydrogens (tertiary/aromatic N) is 1. The molecule has 1 heterocycles. The van der Waals surface area contributed by atoms with Gasteiger partial charge in [0.05, 0.1) is 11.8 Å². The Labute approximate surface area is 99.5 Å². The number of rotatable bonds is 5. The molecule has 1 amide bonds. The lowest BCUT2D eigenvalue weighted by Gasteiger charge is -2.14. The fourth-order valence-electron chi connectivity index (χ4n) is 1.87. The summed E-state index contributed by atoms with van der Waals surface area (Å²) in [6, 6.07) is 1.48. The van der Waals surface area contributed by atoms with E-state index in [-0.39, 0.29) is 29.2 Å². The molecule has 3 N–H and O–H groups in total. The monoisotopic (exact) mass is 236 g/mol. The van der Waals surface area contributed by atoms with Crippen LogP contribution in [0, 0.1) is 5.41 Å². The molecule has 1 aromatic heterocycles. The lowest BCUT2D eigenvalue weighted by Crippen LogP contribution is -2.30. The van der Waals surface area contributed by atoms with Gasteiger partial charge < -0.3 is 15.5 Å². The van der Waals surface area contributed by atoms with Crippen LogP contribution in [0.25, 0.3) is 0 Å². The van der Waals surface area contributed by atoms with Crippen molar-refractivity contribution in [1.82, 2.24) is 10.3 Å². The summed E-state index contributed by atoms with van der Waals surface area (Å²) in [7, 11) is 0. The Hall–Kier alpha value is -1.62. The number of aliphatic hydroxyl groups excluding tert-OH is 1. The van der Waals surface area contributed by atoms with Crippen LogP contribution in [0.4, 0.5) is 0 Å². The number of pyridine rings is 1. The molecule has 1 aliphatic carbocycles. The van der Waals surface area contributed by atoms with E-state index in [2.05, 4.69) is 10.3 Å². The lowest BCUT2D eigenvalue weighted by molar-refractivity contribution is 0.0938. The summed E-state index contributed by atoms with van der Waals surface area (Å²) < 4.78 is 0. The Bertz CT molecular complexity index is 416. The number of hydrogen-bond acceptors (Lipinski definition) is 4. The van der Waals surface area contributed by atoms with Gasteiger partial charge in [0.1, 0.15) is 5.75 Å². The molecule has 0 unspecified atom stereocenters. The average molecular weight is 236 g/mol. The molecular weight excluding hydrogens is 220 g/mol. The number of aromatic nitrogens is 1. The first-order valence-electron chi connectivity index (χ1n) is 5.69. The summed E-state index contributed by atoms with van der Waals surface area (Å²) >= 11 is 0. The summed E-state index contributed by atoms with van der Waals surface area (Å²) in [5.41, 5.74) is 0.312. The zero-order chi connectivity index (χ0) is 12.3. The predicted octanol–water partition coefficient (Wildman–Crippen LogP) is 0.680. The quantitative estimate of drug-likeness (QED) is 0.702. The fraction of sp³-hybridized carbons (Fsp3) is 0.500. The van der Waals surface area contributed by atoms with Gasteiger partial charge in [0.2, 0.25) is 0 Å². The maximum atomic E-state index is 11.8. The molecule has 1 aromatic rings. The molecule has 1 aliphatic rings. The smallest absolute Gasteiger partial charge is 0.255 e. The molecule has 0 spiro atoms. The van der Waals surface area contributed by atoms with Crippen molar-refractivity contribution < 1.29 is 15.0 Å². The Balaban J connectivity index is 1.92. The second-order valence-corrected chi connectivity index (χ2v) is 4.55. The largest absolute Gasteiger partial charge is 0.505 e. The predicted molar refractivity (Wildman–Crippen MR) is 61.6 cm³/mol. The molecule has 0 aromatic carbocycles. The number of aliphatic hydroxyl groups is 1. The van der Waals surface area contributed by atoms with Crippen molar-refractivity contribution in [3.8, 4) is 5.75 Å². The minimum absolute atomic E-state index is 0.0764. The van der Waals surface area contributed by atoms with Crippen LogP contribution < -0.4 is 5.32 Å². The van der Waals surface area contributed by atoms with Crippen molar-refractivity contribution in [1.29, 1.82) is 0 Å². The van der Waals surface area contributed by atoms with Crippen molar-refractivity contribution in [2.75, 3.05) is 13.2 Å². The number of carbonyl (C=O) groups is 1. The highest BCUT2D eigenvalue weighted by Gasteiger charge is 2.41. The standard InChI is InChI=1S/C12H16N2O3/c15-6-4-12(2-3-12)8-14-11(17)9-1-5-13-7-10(9)16/h1,5,7,15-16H,2-4,6,8H2,(H,14,17). The maximum absolute atomic E-state index is 11.8. The molecule has 5 nitrogen and oxygen atoms in total. The van der Waals surface area contributed by atoms with Crippen molar-refractivity contribution in [2.45, 2.75) is 19.3 Å². The average Bonchev–Trinajstić information content (AvgIpc) is 3.08. The number of nitrogens with one attached hydrogen (secondary N) is 1. The Morgan fingerprint density at radius 3 is 2.88 bits per heavy atom. The van der Waals surface area contributed by atoms with Gasteiger partial charge in [-0.05, 0) is 30.7 Å². The molecule has 17 heavy (non-hydrogen) atoms. The van der Waals surface area contributed by atoms with Crippen molar-refractivity contribution >= 4 is 5.91 Å². The first kappa shape index (κ1) is 11.9. The van der Waals surface area contributed by atoms with E-state index in [0.717, 1.165) is 19.3 Å². The number of carbonyl (C=O) groups excluding carboxylic acids is 1. The molecule has 0 atom stereocenters. The van der Waals surface area contributed by atoms with E-state index in [1.54, 1.807) is 0 Å². The van der Waals surface area contributed by atoms with Gasteiger partial charge in [0.25, 0.3) is 5.91 Å². The minimum Gasteiger partial charge on any atom is -0.505 e. The van der Waals surface area contributed by atoms with E-state index in [9.17, 15) is 9.90 Å². The summed E-state index contributed by atoms with van der Waals surface area (Å²) in [4.78, 5) is 15.5. The second-order valence-electron chi connectivity index (χ2n) is 4.55. The summed E-state index contributed by atoms with van der Waals surface area (Å²) in [6.07, 6.45) is 5.51. The Kier molecular flexibility index (Phi) is 3.28. The molecule has 5 heteroatoms. The molecule has 0 saturated heterocycles. The normalized spacial score (nSPS) is 16.5. The number of hydrogen-bond donors (Lipinski definition) is 3. The van der Waals surface area contributed by atoms with Gasteiger partial charge in [-0.1, -0.05) is 0 Å². The van der Waals surface area contributed by atoms with E-state index in [1.165, 1.54) is 18.5 Å². The molecular formula is C12H16N2O3. The molecule has 1 fully saturated rings. The van der Waals surface area contributed by atoms with Crippen molar-refractivity contribution in [3.05, 3.63) is 24.0 Å². The van der Waals surface area contributed by atoms with Gasteiger partial charge in [-0.25, -0.2) is 0 Å². The Morgan fingerprint density at radius 2 is 2.29 bits per heavy atom. The van der Waals surface area contributed by atoms with Crippen LogP contribution in [0.3, 0.4) is 0 Å². The van der Waals surface area contributed by atoms with E-state index < -0.39 is 0 Å². The van der Waals surface area contributed by atoms with Gasteiger partial charge in [-0.3, -0.25) is 9.78 Å². The third-order valence-electron chi connectivity index (χ3n) is 3.27. The van der Waals surface area contributed by atoms with Gasteiger partial charge in [0.15, 0.2) is 0 Å². The zero-order valence-corrected chi connectivity index (χ0v) is 9.52. The molecule has 92 valence electrons. The minimum atomic E-state index is -0.297. The van der Waals surface area contributed by atoms with Crippen LogP contribution in [0.15, 0.2) is 18.5 Å². The van der Waals surface area contributed by atoms with Gasteiger partial charge in [-0.15, -0.1) is 0 Å². The van der Waals surface area contributed by atoms with E-state index in [0.29, 0.717) is 6.54 Å². The number of amides is 1. The molecule has 1 saturated carbocycles. The first-order chi connectivity index (χ1) is 8.17. The highest BCUT2D eigenvalue weighted by Crippen LogP contribution is 2.47. The van der Waals surface area contributed by atoms with Crippen LogP contribution in [0.1, 0.15) is 29.6 Å². The lowest BCUT2D eigenvalue weighted by atomic mass is 10.0. The Morgan fingerprint density at radius 1 is 1.53 bits per heavy atom. The van der Waals surface area contributed by atoms with Crippen LogP contribution in [-0.4, -0.2) is 34.3 Å².